The Balaban J connectivity index is 2.06. The van der Waals surface area contributed by atoms with Gasteiger partial charge in [0, 0.05) is 54.3 Å². The highest BCUT2D eigenvalue weighted by atomic mass is 19.4. The van der Waals surface area contributed by atoms with Crippen LogP contribution in [0, 0.1) is 0 Å². The smallest absolute Gasteiger partial charge is 0.406 e. The zero-order valence-corrected chi connectivity index (χ0v) is 16.4. The summed E-state index contributed by atoms with van der Waals surface area (Å²) in [5.41, 5.74) is 1.36. The average molecular weight is 419 g/mol. The molecule has 0 N–H and O–H groups in total. The second kappa shape index (κ2) is 8.56. The molecule has 0 saturated carbocycles. The second-order valence-electron chi connectivity index (χ2n) is 6.78. The average Bonchev–Trinajstić information content (AvgIpc) is 3.11. The molecule has 0 fully saturated rings. The maximum absolute atomic E-state index is 12.7. The number of hydrogen-bond acceptors (Lipinski definition) is 4. The summed E-state index contributed by atoms with van der Waals surface area (Å²) in [6.07, 6.45) is 1.88. The zero-order valence-electron chi connectivity index (χ0n) is 16.4. The SMILES string of the molecule is CCCCC(=O)c1cc(=O)n(-c2ccc(OC(F)(F)F)cc2)cc1-c1cnn(C)c1. The van der Waals surface area contributed by atoms with Crippen LogP contribution in [0.5, 0.6) is 5.75 Å². The van der Waals surface area contributed by atoms with Gasteiger partial charge in [-0.25, -0.2) is 0 Å². The molecule has 2 aromatic heterocycles. The van der Waals surface area contributed by atoms with Crippen LogP contribution in [-0.4, -0.2) is 26.5 Å². The second-order valence-corrected chi connectivity index (χ2v) is 6.78. The molecule has 3 aromatic rings. The first-order valence-corrected chi connectivity index (χ1v) is 9.33. The van der Waals surface area contributed by atoms with Crippen molar-refractivity contribution in [2.24, 2.45) is 7.05 Å². The molecule has 0 aliphatic rings. The number of alkyl halides is 3. The highest BCUT2D eigenvalue weighted by Crippen LogP contribution is 2.26. The van der Waals surface area contributed by atoms with Gasteiger partial charge in [0.25, 0.3) is 5.56 Å². The Morgan fingerprint density at radius 1 is 1.17 bits per heavy atom. The number of benzene rings is 1. The molecule has 1 aromatic carbocycles. The zero-order chi connectivity index (χ0) is 21.9. The van der Waals surface area contributed by atoms with E-state index in [-0.39, 0.29) is 5.78 Å². The van der Waals surface area contributed by atoms with Gasteiger partial charge >= 0.3 is 6.36 Å². The van der Waals surface area contributed by atoms with E-state index in [4.69, 9.17) is 0 Å². The number of ketones is 1. The van der Waals surface area contributed by atoms with E-state index in [2.05, 4.69) is 9.84 Å². The fraction of sp³-hybridized carbons (Fsp3) is 0.286. The third kappa shape index (κ3) is 4.97. The van der Waals surface area contributed by atoms with Crippen molar-refractivity contribution < 1.29 is 22.7 Å². The number of halogens is 3. The molecule has 9 heteroatoms. The molecule has 158 valence electrons. The van der Waals surface area contributed by atoms with E-state index in [1.54, 1.807) is 24.1 Å². The quantitative estimate of drug-likeness (QED) is 0.529. The number of nitrogens with zero attached hydrogens (tertiary/aromatic N) is 3. The van der Waals surface area contributed by atoms with E-state index in [1.165, 1.54) is 29.0 Å². The van der Waals surface area contributed by atoms with Crippen molar-refractivity contribution in [3.63, 3.8) is 0 Å². The number of ether oxygens (including phenoxy) is 1. The van der Waals surface area contributed by atoms with Gasteiger partial charge in [-0.3, -0.25) is 18.8 Å². The van der Waals surface area contributed by atoms with Crippen molar-refractivity contribution in [2.45, 2.75) is 32.5 Å². The fourth-order valence-corrected chi connectivity index (χ4v) is 3.04. The summed E-state index contributed by atoms with van der Waals surface area (Å²) in [4.78, 5) is 25.4. The third-order valence-corrected chi connectivity index (χ3v) is 4.48. The van der Waals surface area contributed by atoms with Gasteiger partial charge in [0.05, 0.1) is 6.20 Å². The van der Waals surface area contributed by atoms with Crippen LogP contribution in [0.25, 0.3) is 16.8 Å². The summed E-state index contributed by atoms with van der Waals surface area (Å²) in [6.45, 7) is 1.97. The van der Waals surface area contributed by atoms with Crippen LogP contribution in [0.2, 0.25) is 0 Å². The molecule has 6 nitrogen and oxygen atoms in total. The fourth-order valence-electron chi connectivity index (χ4n) is 3.04. The van der Waals surface area contributed by atoms with Gasteiger partial charge in [0.2, 0.25) is 0 Å². The van der Waals surface area contributed by atoms with Gasteiger partial charge in [0.1, 0.15) is 5.75 Å². The number of Topliss-reactive ketones (excluding diaryl/α,β-unsaturated/α-hetero) is 1. The van der Waals surface area contributed by atoms with E-state index in [1.807, 2.05) is 6.92 Å². The van der Waals surface area contributed by atoms with E-state index in [0.29, 0.717) is 35.2 Å². The number of hydrogen-bond donors (Lipinski definition) is 0. The van der Waals surface area contributed by atoms with Gasteiger partial charge in [-0.2, -0.15) is 5.10 Å². The van der Waals surface area contributed by atoms with E-state index in [9.17, 15) is 22.8 Å². The molecule has 3 rings (SSSR count). The van der Waals surface area contributed by atoms with Crippen LogP contribution in [0.1, 0.15) is 36.5 Å². The highest BCUT2D eigenvalue weighted by Gasteiger charge is 2.31. The van der Waals surface area contributed by atoms with Crippen LogP contribution < -0.4 is 10.3 Å². The van der Waals surface area contributed by atoms with E-state index >= 15 is 0 Å². The molecule has 0 unspecified atom stereocenters. The van der Waals surface area contributed by atoms with E-state index in [0.717, 1.165) is 18.6 Å². The Kier molecular flexibility index (Phi) is 6.09. The summed E-state index contributed by atoms with van der Waals surface area (Å²) in [7, 11) is 1.73. The monoisotopic (exact) mass is 419 g/mol. The summed E-state index contributed by atoms with van der Waals surface area (Å²) in [5.74, 6) is -0.535. The van der Waals surface area contributed by atoms with Crippen molar-refractivity contribution in [3.05, 3.63) is 64.8 Å². The molecule has 0 amide bonds. The Morgan fingerprint density at radius 2 is 1.87 bits per heavy atom. The van der Waals surface area contributed by atoms with Crippen LogP contribution >= 0.6 is 0 Å². The molecule has 0 atom stereocenters. The summed E-state index contributed by atoms with van der Waals surface area (Å²) >= 11 is 0. The molecule has 0 aliphatic carbocycles. The number of carbonyl (C=O) groups is 1. The third-order valence-electron chi connectivity index (χ3n) is 4.48. The predicted octanol–water partition coefficient (Wildman–Crippen LogP) is 4.51. The number of carbonyl (C=O) groups excluding carboxylic acids is 1. The summed E-state index contributed by atoms with van der Waals surface area (Å²) in [6, 6.07) is 6.20. The van der Waals surface area contributed by atoms with Gasteiger partial charge in [-0.1, -0.05) is 13.3 Å². The topological polar surface area (TPSA) is 66.1 Å². The van der Waals surface area contributed by atoms with Crippen LogP contribution in [-0.2, 0) is 7.05 Å². The summed E-state index contributed by atoms with van der Waals surface area (Å²) < 4.78 is 43.8. The molecule has 2 heterocycles. The molecule has 30 heavy (non-hydrogen) atoms. The molecular weight excluding hydrogens is 399 g/mol. The first kappa shape index (κ1) is 21.4. The first-order chi connectivity index (χ1) is 14.2. The van der Waals surface area contributed by atoms with E-state index < -0.39 is 17.7 Å². The Labute approximate surface area is 170 Å². The first-order valence-electron chi connectivity index (χ1n) is 9.33. The number of pyridine rings is 1. The Bertz CT molecular complexity index is 1100. The lowest BCUT2D eigenvalue weighted by Crippen LogP contribution is -2.20. The Hall–Kier alpha value is -3.36. The van der Waals surface area contributed by atoms with Gasteiger partial charge in [-0.15, -0.1) is 13.2 Å². The molecule has 0 bridgehead atoms. The summed E-state index contributed by atoms with van der Waals surface area (Å²) in [5, 5.41) is 4.12. The molecule has 0 spiro atoms. The van der Waals surface area contributed by atoms with Gasteiger partial charge in [-0.05, 0) is 30.7 Å². The van der Waals surface area contributed by atoms with Crippen LogP contribution in [0.4, 0.5) is 13.2 Å². The predicted molar refractivity (Wildman–Crippen MR) is 105 cm³/mol. The Morgan fingerprint density at radius 3 is 2.43 bits per heavy atom. The van der Waals surface area contributed by atoms with Gasteiger partial charge < -0.3 is 4.74 Å². The lowest BCUT2D eigenvalue weighted by molar-refractivity contribution is -0.274. The van der Waals surface area contributed by atoms with Crippen LogP contribution in [0.15, 0.2) is 53.7 Å². The minimum absolute atomic E-state index is 0.145. The number of aromatic nitrogens is 3. The van der Waals surface area contributed by atoms with Crippen molar-refractivity contribution in [2.75, 3.05) is 0 Å². The van der Waals surface area contributed by atoms with Crippen LogP contribution in [0.3, 0.4) is 0 Å². The standard InChI is InChI=1S/C21H20F3N3O3/c1-3-4-5-19(28)17-10-20(29)27(13-18(17)14-11-25-26(2)12-14)15-6-8-16(9-7-15)30-21(22,23)24/h6-13H,3-5H2,1-2H3. The lowest BCUT2D eigenvalue weighted by Gasteiger charge is -2.13. The number of unbranched alkanes of at least 4 members (excludes halogenated alkanes) is 1. The minimum atomic E-state index is -4.80. The number of aryl methyl sites for hydroxylation is 1. The van der Waals surface area contributed by atoms with Crippen molar-refractivity contribution in [3.8, 4) is 22.6 Å². The number of rotatable bonds is 7. The normalized spacial score (nSPS) is 11.5. The molecule has 0 saturated heterocycles. The maximum atomic E-state index is 12.7. The van der Waals surface area contributed by atoms with Crippen molar-refractivity contribution in [1.29, 1.82) is 0 Å². The largest absolute Gasteiger partial charge is 0.573 e. The minimum Gasteiger partial charge on any atom is -0.406 e. The molecule has 0 radical (unpaired) electrons. The van der Waals surface area contributed by atoms with Crippen molar-refractivity contribution >= 4 is 5.78 Å². The van der Waals surface area contributed by atoms with Gasteiger partial charge in [0.15, 0.2) is 5.78 Å². The molecule has 0 aliphatic heterocycles. The highest BCUT2D eigenvalue weighted by molar-refractivity contribution is 6.02. The maximum Gasteiger partial charge on any atom is 0.573 e. The van der Waals surface area contributed by atoms with Crippen molar-refractivity contribution in [1.82, 2.24) is 14.3 Å². The lowest BCUT2D eigenvalue weighted by atomic mass is 9.98. The molecular formula is C21H20F3N3O3.